The molecule has 2 aliphatic heterocycles. The maximum Gasteiger partial charge on any atom is 0.254 e. The zero-order chi connectivity index (χ0) is 16.4. The summed E-state index contributed by atoms with van der Waals surface area (Å²) in [6.07, 6.45) is 1.77. The molecule has 1 amide bonds. The Balaban J connectivity index is 1.40. The zero-order valence-electron chi connectivity index (χ0n) is 13.4. The number of hydrogen-bond acceptors (Lipinski definition) is 5. The van der Waals surface area contributed by atoms with Crippen molar-refractivity contribution >= 4 is 17.2 Å². The lowest BCUT2D eigenvalue weighted by Crippen LogP contribution is -2.37. The summed E-state index contributed by atoms with van der Waals surface area (Å²) in [5, 5.41) is 3.86. The largest absolute Gasteiger partial charge is 0.380 e. The van der Waals surface area contributed by atoms with Crippen molar-refractivity contribution in [3.8, 4) is 0 Å². The number of nitrogens with zero attached hydrogens (tertiary/aromatic N) is 2. The average molecular weight is 344 g/mol. The fourth-order valence-electron chi connectivity index (χ4n) is 3.60. The summed E-state index contributed by atoms with van der Waals surface area (Å²) in [5.41, 5.74) is 1.62. The van der Waals surface area contributed by atoms with Crippen LogP contribution in [0.25, 0.3) is 0 Å². The van der Waals surface area contributed by atoms with Crippen LogP contribution >= 0.6 is 11.3 Å². The Hall–Kier alpha value is -1.76. The molecule has 5 nitrogen and oxygen atoms in total. The average Bonchev–Trinajstić information content (AvgIpc) is 3.31. The topological polar surface area (TPSA) is 51.7 Å². The Bertz CT molecular complexity index is 692. The van der Waals surface area contributed by atoms with Gasteiger partial charge in [-0.15, -0.1) is 0 Å². The number of ether oxygens (including phenoxy) is 2. The second-order valence-electron chi connectivity index (χ2n) is 6.59. The summed E-state index contributed by atoms with van der Waals surface area (Å²) in [5.74, 6) is 0.471. The monoisotopic (exact) mass is 344 g/mol. The first kappa shape index (κ1) is 15.7. The summed E-state index contributed by atoms with van der Waals surface area (Å²) in [6.45, 7) is 3.92. The third-order valence-electron chi connectivity index (χ3n) is 4.94. The van der Waals surface area contributed by atoms with Crippen LogP contribution in [-0.2, 0) is 16.1 Å². The smallest absolute Gasteiger partial charge is 0.254 e. The summed E-state index contributed by atoms with van der Waals surface area (Å²) in [6, 6.07) is 7.71. The third-order valence-corrected chi connectivity index (χ3v) is 5.63. The van der Waals surface area contributed by atoms with Crippen molar-refractivity contribution in [3.05, 3.63) is 52.5 Å². The molecule has 126 valence electrons. The van der Waals surface area contributed by atoms with E-state index in [0.29, 0.717) is 38.9 Å². The number of rotatable bonds is 5. The fraction of sp³-hybridized carbons (Fsp3) is 0.444. The standard InChI is InChI=1S/C18H20N2O3S/c21-17(14-4-6-24-10-14)20-7-15-8-22-12-18(15,11-20)13-23-9-16-3-1-2-5-19-16/h1-6,10,15H,7-9,11-13H2/t15-,18+/m1/s1. The van der Waals surface area contributed by atoms with Crippen LogP contribution in [0.4, 0.5) is 0 Å². The summed E-state index contributed by atoms with van der Waals surface area (Å²) in [7, 11) is 0. The van der Waals surface area contributed by atoms with Crippen molar-refractivity contribution in [2.75, 3.05) is 32.9 Å². The molecule has 0 bridgehead atoms. The molecular formula is C18H20N2O3S. The van der Waals surface area contributed by atoms with Gasteiger partial charge in [-0.2, -0.15) is 11.3 Å². The Morgan fingerprint density at radius 1 is 1.46 bits per heavy atom. The van der Waals surface area contributed by atoms with Gasteiger partial charge in [0.05, 0.1) is 37.7 Å². The van der Waals surface area contributed by atoms with E-state index in [0.717, 1.165) is 17.8 Å². The molecule has 0 saturated carbocycles. The molecule has 0 aliphatic carbocycles. The van der Waals surface area contributed by atoms with Crippen LogP contribution in [0.5, 0.6) is 0 Å². The Kier molecular flexibility index (Phi) is 4.35. The predicted octanol–water partition coefficient (Wildman–Crippen LogP) is 2.45. The van der Waals surface area contributed by atoms with Gasteiger partial charge < -0.3 is 14.4 Å². The molecule has 2 saturated heterocycles. The molecule has 0 aromatic carbocycles. The molecule has 6 heteroatoms. The molecule has 2 atom stereocenters. The first-order valence-electron chi connectivity index (χ1n) is 8.14. The predicted molar refractivity (Wildman–Crippen MR) is 90.9 cm³/mol. The highest BCUT2D eigenvalue weighted by Gasteiger charge is 2.52. The van der Waals surface area contributed by atoms with Gasteiger partial charge in [0.2, 0.25) is 0 Å². The minimum atomic E-state index is -0.0829. The third kappa shape index (κ3) is 2.97. The number of pyridine rings is 1. The Morgan fingerprint density at radius 2 is 2.42 bits per heavy atom. The molecule has 2 aromatic rings. The molecule has 4 heterocycles. The molecule has 0 unspecified atom stereocenters. The van der Waals surface area contributed by atoms with Gasteiger partial charge in [0, 0.05) is 36.0 Å². The molecule has 2 fully saturated rings. The molecule has 0 spiro atoms. The van der Waals surface area contributed by atoms with Crippen LogP contribution in [0.15, 0.2) is 41.2 Å². The number of carbonyl (C=O) groups excluding carboxylic acids is 1. The van der Waals surface area contributed by atoms with Crippen molar-refractivity contribution in [2.24, 2.45) is 11.3 Å². The summed E-state index contributed by atoms with van der Waals surface area (Å²) < 4.78 is 11.7. The lowest BCUT2D eigenvalue weighted by Gasteiger charge is -2.26. The molecule has 0 radical (unpaired) electrons. The van der Waals surface area contributed by atoms with Crippen molar-refractivity contribution < 1.29 is 14.3 Å². The van der Waals surface area contributed by atoms with Crippen molar-refractivity contribution in [3.63, 3.8) is 0 Å². The SMILES string of the molecule is O=C(c1ccsc1)N1C[C@@H]2COC[C@]2(COCc2ccccn2)C1. The van der Waals surface area contributed by atoms with Gasteiger partial charge in [-0.25, -0.2) is 0 Å². The number of thiophene rings is 1. The Morgan fingerprint density at radius 3 is 3.21 bits per heavy atom. The van der Waals surface area contributed by atoms with Gasteiger partial charge in [-0.3, -0.25) is 9.78 Å². The van der Waals surface area contributed by atoms with Gasteiger partial charge >= 0.3 is 0 Å². The van der Waals surface area contributed by atoms with Crippen LogP contribution < -0.4 is 0 Å². The van der Waals surface area contributed by atoms with Crippen molar-refractivity contribution in [1.82, 2.24) is 9.88 Å². The van der Waals surface area contributed by atoms with E-state index >= 15 is 0 Å². The van der Waals surface area contributed by atoms with Crippen LogP contribution in [0.2, 0.25) is 0 Å². The number of amides is 1. The second kappa shape index (κ2) is 6.63. The fourth-order valence-corrected chi connectivity index (χ4v) is 4.23. The number of likely N-dealkylation sites (tertiary alicyclic amines) is 1. The first-order valence-corrected chi connectivity index (χ1v) is 9.08. The highest BCUT2D eigenvalue weighted by molar-refractivity contribution is 7.08. The lowest BCUT2D eigenvalue weighted by atomic mass is 9.82. The maximum absolute atomic E-state index is 12.6. The summed E-state index contributed by atoms with van der Waals surface area (Å²) >= 11 is 1.55. The van der Waals surface area contributed by atoms with Crippen LogP contribution in [-0.4, -0.2) is 48.7 Å². The number of fused-ring (bicyclic) bond motifs is 1. The first-order chi connectivity index (χ1) is 11.8. The van der Waals surface area contributed by atoms with Gasteiger partial charge in [-0.05, 0) is 23.6 Å². The van der Waals surface area contributed by atoms with Crippen LogP contribution in [0.1, 0.15) is 16.1 Å². The number of carbonyl (C=O) groups is 1. The van der Waals surface area contributed by atoms with E-state index in [4.69, 9.17) is 9.47 Å². The number of hydrogen-bond donors (Lipinski definition) is 0. The van der Waals surface area contributed by atoms with Crippen LogP contribution in [0.3, 0.4) is 0 Å². The highest BCUT2D eigenvalue weighted by atomic mass is 32.1. The molecule has 4 rings (SSSR count). The van der Waals surface area contributed by atoms with E-state index < -0.39 is 0 Å². The van der Waals surface area contributed by atoms with E-state index in [9.17, 15) is 4.79 Å². The summed E-state index contributed by atoms with van der Waals surface area (Å²) in [4.78, 5) is 18.9. The molecule has 2 aliphatic rings. The lowest BCUT2D eigenvalue weighted by molar-refractivity contribution is 0.0175. The zero-order valence-corrected chi connectivity index (χ0v) is 14.2. The highest BCUT2D eigenvalue weighted by Crippen LogP contribution is 2.42. The minimum absolute atomic E-state index is 0.0829. The van der Waals surface area contributed by atoms with Gasteiger partial charge in [0.1, 0.15) is 0 Å². The van der Waals surface area contributed by atoms with Crippen molar-refractivity contribution in [1.29, 1.82) is 0 Å². The normalized spacial score (nSPS) is 25.8. The van der Waals surface area contributed by atoms with E-state index in [2.05, 4.69) is 4.98 Å². The molecule has 0 N–H and O–H groups in total. The van der Waals surface area contributed by atoms with Gasteiger partial charge in [-0.1, -0.05) is 6.07 Å². The Labute approximate surface area is 145 Å². The van der Waals surface area contributed by atoms with E-state index in [1.807, 2.05) is 39.9 Å². The maximum atomic E-state index is 12.6. The van der Waals surface area contributed by atoms with Gasteiger partial charge in [0.15, 0.2) is 0 Å². The second-order valence-corrected chi connectivity index (χ2v) is 7.37. The quantitative estimate of drug-likeness (QED) is 0.836. The van der Waals surface area contributed by atoms with E-state index in [1.54, 1.807) is 17.5 Å². The van der Waals surface area contributed by atoms with Crippen molar-refractivity contribution in [2.45, 2.75) is 6.61 Å². The molecular weight excluding hydrogens is 324 g/mol. The van der Waals surface area contributed by atoms with Gasteiger partial charge in [0.25, 0.3) is 5.91 Å². The molecule has 2 aromatic heterocycles. The van der Waals surface area contributed by atoms with E-state index in [-0.39, 0.29) is 11.3 Å². The number of aromatic nitrogens is 1. The molecule has 24 heavy (non-hydrogen) atoms. The minimum Gasteiger partial charge on any atom is -0.380 e. The van der Waals surface area contributed by atoms with E-state index in [1.165, 1.54) is 0 Å². The van der Waals surface area contributed by atoms with Crippen LogP contribution in [0, 0.1) is 11.3 Å².